The van der Waals surface area contributed by atoms with E-state index in [9.17, 15) is 0 Å². The van der Waals surface area contributed by atoms with Crippen molar-refractivity contribution in [3.8, 4) is 0 Å². The Morgan fingerprint density at radius 2 is 2.23 bits per heavy atom. The Bertz CT molecular complexity index is 158. The zero-order valence-corrected chi connectivity index (χ0v) is 10.6. The second-order valence-corrected chi connectivity index (χ2v) is 5.25. The molecule has 1 saturated heterocycles. The molecule has 1 fully saturated rings. The normalized spacial score (nSPS) is 34.4. The summed E-state index contributed by atoms with van der Waals surface area (Å²) in [6.07, 6.45) is 4.29. The maximum Gasteiger partial charge on any atom is 0.0612 e. The van der Waals surface area contributed by atoms with Gasteiger partial charge in [0.2, 0.25) is 0 Å². The maximum absolute atomic E-state index is 5.66. The molecule has 0 aromatic carbocycles. The Labute approximate surface area is 90.4 Å². The molecule has 0 radical (unpaired) electrons. The summed E-state index contributed by atoms with van der Waals surface area (Å²) in [5, 5.41) is 1.09. The van der Waals surface area contributed by atoms with E-state index in [4.69, 9.17) is 4.74 Å². The van der Waals surface area contributed by atoms with Crippen LogP contribution in [0, 0.1) is 11.3 Å². The Balaban J connectivity index is 2.49. The van der Waals surface area contributed by atoms with Crippen molar-refractivity contribution in [3.63, 3.8) is 0 Å². The molecule has 2 unspecified atom stereocenters. The highest BCUT2D eigenvalue weighted by Crippen LogP contribution is 2.41. The van der Waals surface area contributed by atoms with Crippen molar-refractivity contribution in [2.45, 2.75) is 46.1 Å². The Morgan fingerprint density at radius 3 is 2.62 bits per heavy atom. The smallest absolute Gasteiger partial charge is 0.0612 e. The molecule has 0 N–H and O–H groups in total. The molecule has 0 bridgehead atoms. The fourth-order valence-corrected chi connectivity index (χ4v) is 2.98. The minimum Gasteiger partial charge on any atom is -0.378 e. The first-order chi connectivity index (χ1) is 6.10. The van der Waals surface area contributed by atoms with Gasteiger partial charge < -0.3 is 4.74 Å². The average Bonchev–Trinajstić information content (AvgIpc) is 2.45. The molecule has 0 amide bonds. The molecule has 1 aliphatic rings. The molecule has 0 aromatic rings. The van der Waals surface area contributed by atoms with Crippen molar-refractivity contribution in [3.05, 3.63) is 0 Å². The molecular formula is C11H21BrO. The summed E-state index contributed by atoms with van der Waals surface area (Å²) in [6, 6.07) is 0. The van der Waals surface area contributed by atoms with Gasteiger partial charge in [-0.15, -0.1) is 0 Å². The number of hydrogen-bond acceptors (Lipinski definition) is 1. The van der Waals surface area contributed by atoms with Crippen LogP contribution in [0.1, 0.15) is 40.0 Å². The molecule has 0 saturated carbocycles. The molecule has 1 heterocycles. The molecule has 1 nitrogen and oxygen atoms in total. The maximum atomic E-state index is 5.66. The van der Waals surface area contributed by atoms with Crippen LogP contribution in [0.2, 0.25) is 0 Å². The first-order valence-corrected chi connectivity index (χ1v) is 6.40. The highest BCUT2D eigenvalue weighted by atomic mass is 79.9. The van der Waals surface area contributed by atoms with Crippen LogP contribution in [0.15, 0.2) is 0 Å². The highest BCUT2D eigenvalue weighted by Gasteiger charge is 2.39. The molecule has 0 aromatic heterocycles. The van der Waals surface area contributed by atoms with Crippen LogP contribution >= 0.6 is 15.9 Å². The third-order valence-corrected chi connectivity index (χ3v) is 4.43. The van der Waals surface area contributed by atoms with Gasteiger partial charge in [0.15, 0.2) is 0 Å². The minimum absolute atomic E-state index is 0.421. The van der Waals surface area contributed by atoms with Gasteiger partial charge in [-0.05, 0) is 25.7 Å². The van der Waals surface area contributed by atoms with Crippen LogP contribution in [-0.4, -0.2) is 18.0 Å². The number of ether oxygens (including phenoxy) is 1. The number of rotatable bonds is 4. The molecule has 0 spiro atoms. The van der Waals surface area contributed by atoms with Crippen LogP contribution in [0.5, 0.6) is 0 Å². The van der Waals surface area contributed by atoms with E-state index >= 15 is 0 Å². The topological polar surface area (TPSA) is 9.23 Å². The summed E-state index contributed by atoms with van der Waals surface area (Å²) in [7, 11) is 0. The lowest BCUT2D eigenvalue weighted by molar-refractivity contribution is 0.0681. The van der Waals surface area contributed by atoms with Crippen molar-refractivity contribution in [2.24, 2.45) is 11.3 Å². The number of alkyl halides is 1. The lowest BCUT2D eigenvalue weighted by Gasteiger charge is -2.30. The summed E-state index contributed by atoms with van der Waals surface area (Å²) in [5.41, 5.74) is 0.421. The lowest BCUT2D eigenvalue weighted by atomic mass is 9.78. The van der Waals surface area contributed by atoms with Crippen molar-refractivity contribution in [1.82, 2.24) is 0 Å². The molecule has 1 rings (SSSR count). The van der Waals surface area contributed by atoms with E-state index in [-0.39, 0.29) is 0 Å². The van der Waals surface area contributed by atoms with E-state index in [1.165, 1.54) is 19.3 Å². The molecule has 2 heteroatoms. The second kappa shape index (κ2) is 4.79. The van der Waals surface area contributed by atoms with Crippen molar-refractivity contribution in [1.29, 1.82) is 0 Å². The van der Waals surface area contributed by atoms with Crippen molar-refractivity contribution in [2.75, 3.05) is 11.9 Å². The Hall–Kier alpha value is 0.440. The second-order valence-electron chi connectivity index (χ2n) is 4.69. The van der Waals surface area contributed by atoms with Crippen LogP contribution in [0.25, 0.3) is 0 Å². The largest absolute Gasteiger partial charge is 0.378 e. The molecule has 1 aliphatic heterocycles. The van der Waals surface area contributed by atoms with E-state index in [1.54, 1.807) is 0 Å². The quantitative estimate of drug-likeness (QED) is 0.691. The summed E-state index contributed by atoms with van der Waals surface area (Å²) >= 11 is 3.64. The van der Waals surface area contributed by atoms with Gasteiger partial charge in [-0.1, -0.05) is 36.2 Å². The van der Waals surface area contributed by atoms with Gasteiger partial charge in [0, 0.05) is 17.4 Å². The minimum atomic E-state index is 0.421. The first kappa shape index (κ1) is 11.5. The van der Waals surface area contributed by atoms with Gasteiger partial charge in [0.05, 0.1) is 6.10 Å². The van der Waals surface area contributed by atoms with Gasteiger partial charge in [0.25, 0.3) is 0 Å². The summed E-state index contributed by atoms with van der Waals surface area (Å²) in [6.45, 7) is 7.75. The number of halogens is 1. The van der Waals surface area contributed by atoms with Gasteiger partial charge in [-0.3, -0.25) is 0 Å². The van der Waals surface area contributed by atoms with E-state index in [2.05, 4.69) is 36.7 Å². The Kier molecular flexibility index (Phi) is 4.24. The third-order valence-electron chi connectivity index (χ3n) is 3.32. The molecule has 78 valence electrons. The molecule has 13 heavy (non-hydrogen) atoms. The monoisotopic (exact) mass is 248 g/mol. The third kappa shape index (κ3) is 2.69. The predicted octanol–water partition coefficient (Wildman–Crippen LogP) is 3.61. The Morgan fingerprint density at radius 1 is 1.54 bits per heavy atom. The van der Waals surface area contributed by atoms with Crippen LogP contribution in [-0.2, 0) is 4.74 Å². The van der Waals surface area contributed by atoms with Gasteiger partial charge in [0.1, 0.15) is 0 Å². The van der Waals surface area contributed by atoms with E-state index in [1.807, 2.05) is 0 Å². The SMILES string of the molecule is CC(C)CCC1(CBr)CCOC1C. The van der Waals surface area contributed by atoms with Crippen LogP contribution < -0.4 is 0 Å². The standard InChI is InChI=1S/C11H21BrO/c1-9(2)4-5-11(8-12)6-7-13-10(11)3/h9-10H,4-8H2,1-3H3. The van der Waals surface area contributed by atoms with Crippen LogP contribution in [0.3, 0.4) is 0 Å². The zero-order valence-electron chi connectivity index (χ0n) is 8.98. The summed E-state index contributed by atoms with van der Waals surface area (Å²) in [4.78, 5) is 0. The van der Waals surface area contributed by atoms with Crippen LogP contribution in [0.4, 0.5) is 0 Å². The zero-order chi connectivity index (χ0) is 9.90. The summed E-state index contributed by atoms with van der Waals surface area (Å²) in [5.74, 6) is 0.809. The average molecular weight is 249 g/mol. The van der Waals surface area contributed by atoms with E-state index in [0.29, 0.717) is 11.5 Å². The fourth-order valence-electron chi connectivity index (χ4n) is 1.97. The first-order valence-electron chi connectivity index (χ1n) is 5.28. The number of hydrogen-bond donors (Lipinski definition) is 0. The van der Waals surface area contributed by atoms with Gasteiger partial charge in [-0.25, -0.2) is 0 Å². The van der Waals surface area contributed by atoms with Gasteiger partial charge >= 0.3 is 0 Å². The van der Waals surface area contributed by atoms with E-state index in [0.717, 1.165) is 17.9 Å². The predicted molar refractivity (Wildman–Crippen MR) is 60.3 cm³/mol. The molecule has 2 atom stereocenters. The molecule has 0 aliphatic carbocycles. The lowest BCUT2D eigenvalue weighted by Crippen LogP contribution is -2.30. The van der Waals surface area contributed by atoms with Gasteiger partial charge in [-0.2, -0.15) is 0 Å². The summed E-state index contributed by atoms with van der Waals surface area (Å²) < 4.78 is 5.66. The fraction of sp³-hybridized carbons (Fsp3) is 1.00. The van der Waals surface area contributed by atoms with E-state index < -0.39 is 0 Å². The highest BCUT2D eigenvalue weighted by molar-refractivity contribution is 9.09. The molecular weight excluding hydrogens is 228 g/mol. The van der Waals surface area contributed by atoms with Crippen molar-refractivity contribution < 1.29 is 4.74 Å². The van der Waals surface area contributed by atoms with Crippen molar-refractivity contribution >= 4 is 15.9 Å².